The second-order valence-corrected chi connectivity index (χ2v) is 6.21. The maximum Gasteiger partial charge on any atom is 0.274 e. The van der Waals surface area contributed by atoms with E-state index in [0.717, 1.165) is 5.56 Å². The highest BCUT2D eigenvalue weighted by Gasteiger charge is 2.36. The van der Waals surface area contributed by atoms with Crippen LogP contribution in [-0.2, 0) is 0 Å². The van der Waals surface area contributed by atoms with E-state index < -0.39 is 6.10 Å². The summed E-state index contributed by atoms with van der Waals surface area (Å²) < 4.78 is 15.0. The van der Waals surface area contributed by atoms with Crippen LogP contribution in [0.4, 0.5) is 4.39 Å². The minimum atomic E-state index is -0.582. The van der Waals surface area contributed by atoms with E-state index in [-0.39, 0.29) is 30.4 Å². The topological polar surface area (TPSA) is 58.4 Å². The van der Waals surface area contributed by atoms with Gasteiger partial charge in [0.05, 0.1) is 18.5 Å². The SMILES string of the molecule is CC(C)n1cnc(C(=O)N2C[C@H](O)C[C@H]2c2ccc(F)cc2)c1. The Kier molecular flexibility index (Phi) is 4.17. The van der Waals surface area contributed by atoms with Crippen LogP contribution >= 0.6 is 0 Å². The molecule has 6 heteroatoms. The first-order chi connectivity index (χ1) is 11.0. The molecular weight excluding hydrogens is 297 g/mol. The lowest BCUT2D eigenvalue weighted by Gasteiger charge is -2.24. The Morgan fingerprint density at radius 3 is 2.65 bits per heavy atom. The molecule has 0 aliphatic carbocycles. The number of amides is 1. The second kappa shape index (κ2) is 6.12. The number of likely N-dealkylation sites (tertiary alicyclic amines) is 1. The van der Waals surface area contributed by atoms with Gasteiger partial charge in [-0.2, -0.15) is 0 Å². The van der Waals surface area contributed by atoms with Crippen molar-refractivity contribution in [1.82, 2.24) is 14.5 Å². The molecule has 2 atom stereocenters. The second-order valence-electron chi connectivity index (χ2n) is 6.21. The molecule has 1 saturated heterocycles. The van der Waals surface area contributed by atoms with Crippen molar-refractivity contribution in [3.05, 3.63) is 53.9 Å². The third-order valence-corrected chi connectivity index (χ3v) is 4.21. The molecule has 0 spiro atoms. The number of halogens is 1. The Labute approximate surface area is 134 Å². The summed E-state index contributed by atoms with van der Waals surface area (Å²) in [5.74, 6) is -0.531. The quantitative estimate of drug-likeness (QED) is 0.946. The number of carbonyl (C=O) groups is 1. The number of hydrogen-bond donors (Lipinski definition) is 1. The van der Waals surface area contributed by atoms with Gasteiger partial charge < -0.3 is 14.6 Å². The summed E-state index contributed by atoms with van der Waals surface area (Å²) in [4.78, 5) is 18.5. The van der Waals surface area contributed by atoms with Crippen molar-refractivity contribution in [1.29, 1.82) is 0 Å². The predicted octanol–water partition coefficient (Wildman–Crippen LogP) is 2.55. The molecule has 2 aromatic rings. The van der Waals surface area contributed by atoms with E-state index in [2.05, 4.69) is 4.98 Å². The van der Waals surface area contributed by atoms with Crippen LogP contribution in [-0.4, -0.2) is 38.1 Å². The number of carbonyl (C=O) groups excluding carboxylic acids is 1. The largest absolute Gasteiger partial charge is 0.391 e. The van der Waals surface area contributed by atoms with Gasteiger partial charge in [-0.05, 0) is 38.0 Å². The first-order valence-electron chi connectivity index (χ1n) is 7.73. The van der Waals surface area contributed by atoms with Gasteiger partial charge in [0.15, 0.2) is 0 Å². The minimum Gasteiger partial charge on any atom is -0.391 e. The van der Waals surface area contributed by atoms with E-state index in [1.807, 2.05) is 18.4 Å². The van der Waals surface area contributed by atoms with E-state index >= 15 is 0 Å². The Morgan fingerprint density at radius 2 is 2.04 bits per heavy atom. The molecule has 2 heterocycles. The molecule has 1 aromatic carbocycles. The van der Waals surface area contributed by atoms with E-state index in [9.17, 15) is 14.3 Å². The molecule has 0 bridgehead atoms. The molecular formula is C17H20FN3O2. The van der Waals surface area contributed by atoms with Gasteiger partial charge in [-0.1, -0.05) is 12.1 Å². The molecule has 0 unspecified atom stereocenters. The summed E-state index contributed by atoms with van der Waals surface area (Å²) in [5, 5.41) is 9.98. The normalized spacial score (nSPS) is 21.2. The first kappa shape index (κ1) is 15.7. The van der Waals surface area contributed by atoms with Crippen molar-refractivity contribution in [2.75, 3.05) is 6.54 Å². The summed E-state index contributed by atoms with van der Waals surface area (Å²) in [6.07, 6.45) is 3.22. The molecule has 1 aromatic heterocycles. The van der Waals surface area contributed by atoms with Gasteiger partial charge in [0.2, 0.25) is 0 Å². The summed E-state index contributed by atoms with van der Waals surface area (Å²) in [5.41, 5.74) is 1.18. The molecule has 0 saturated carbocycles. The first-order valence-corrected chi connectivity index (χ1v) is 7.73. The average molecular weight is 317 g/mol. The Hall–Kier alpha value is -2.21. The third-order valence-electron chi connectivity index (χ3n) is 4.21. The summed E-state index contributed by atoms with van der Waals surface area (Å²) in [7, 11) is 0. The van der Waals surface area contributed by atoms with Gasteiger partial charge >= 0.3 is 0 Å². The van der Waals surface area contributed by atoms with Crippen LogP contribution in [0.1, 0.15) is 48.4 Å². The zero-order chi connectivity index (χ0) is 16.6. The smallest absolute Gasteiger partial charge is 0.274 e. The van der Waals surface area contributed by atoms with Crippen molar-refractivity contribution in [3.8, 4) is 0 Å². The predicted molar refractivity (Wildman–Crippen MR) is 83.4 cm³/mol. The van der Waals surface area contributed by atoms with Crippen LogP contribution in [0.3, 0.4) is 0 Å². The fraction of sp³-hybridized carbons (Fsp3) is 0.412. The number of β-amino-alcohol motifs (C(OH)–C–C–N with tert-alkyl or cyclic N) is 1. The molecule has 3 rings (SSSR count). The molecule has 23 heavy (non-hydrogen) atoms. The number of aliphatic hydroxyl groups excluding tert-OH is 1. The number of nitrogens with zero attached hydrogens (tertiary/aromatic N) is 3. The van der Waals surface area contributed by atoms with Crippen molar-refractivity contribution < 1.29 is 14.3 Å². The molecule has 1 fully saturated rings. The van der Waals surface area contributed by atoms with Gasteiger partial charge in [0, 0.05) is 18.8 Å². The lowest BCUT2D eigenvalue weighted by atomic mass is 10.0. The zero-order valence-corrected chi connectivity index (χ0v) is 13.2. The third kappa shape index (κ3) is 3.12. The fourth-order valence-electron chi connectivity index (χ4n) is 2.92. The zero-order valence-electron chi connectivity index (χ0n) is 13.2. The summed E-state index contributed by atoms with van der Waals surface area (Å²) in [6, 6.07) is 6.02. The van der Waals surface area contributed by atoms with Crippen molar-refractivity contribution in [2.24, 2.45) is 0 Å². The van der Waals surface area contributed by atoms with Crippen LogP contribution in [0.2, 0.25) is 0 Å². The average Bonchev–Trinajstić information content (AvgIpc) is 3.14. The highest BCUT2D eigenvalue weighted by molar-refractivity contribution is 5.92. The van der Waals surface area contributed by atoms with Crippen LogP contribution in [0.5, 0.6) is 0 Å². The molecule has 122 valence electrons. The van der Waals surface area contributed by atoms with Crippen LogP contribution in [0, 0.1) is 5.82 Å². The van der Waals surface area contributed by atoms with Crippen LogP contribution in [0.15, 0.2) is 36.8 Å². The van der Waals surface area contributed by atoms with Crippen molar-refractivity contribution >= 4 is 5.91 Å². The summed E-state index contributed by atoms with van der Waals surface area (Å²) in [6.45, 7) is 4.28. The van der Waals surface area contributed by atoms with Crippen molar-refractivity contribution in [2.45, 2.75) is 38.5 Å². The van der Waals surface area contributed by atoms with Crippen LogP contribution in [0.25, 0.3) is 0 Å². The minimum absolute atomic E-state index is 0.213. The number of aromatic nitrogens is 2. The Morgan fingerprint density at radius 1 is 1.35 bits per heavy atom. The van der Waals surface area contributed by atoms with E-state index in [1.54, 1.807) is 29.6 Å². The number of aliphatic hydroxyl groups is 1. The van der Waals surface area contributed by atoms with Crippen LogP contribution < -0.4 is 0 Å². The molecule has 1 N–H and O–H groups in total. The fourth-order valence-corrected chi connectivity index (χ4v) is 2.92. The van der Waals surface area contributed by atoms with Gasteiger partial charge in [-0.15, -0.1) is 0 Å². The monoisotopic (exact) mass is 317 g/mol. The molecule has 1 aliphatic heterocycles. The number of hydrogen-bond acceptors (Lipinski definition) is 3. The molecule has 5 nitrogen and oxygen atoms in total. The van der Waals surface area contributed by atoms with E-state index in [4.69, 9.17) is 0 Å². The molecule has 1 amide bonds. The standard InChI is InChI=1S/C17H20FN3O2/c1-11(2)20-9-15(19-10-20)17(23)21-8-14(22)7-16(21)12-3-5-13(18)6-4-12/h3-6,9-11,14,16,22H,7-8H2,1-2H3/t14-,16+/m1/s1. The van der Waals surface area contributed by atoms with E-state index in [0.29, 0.717) is 12.1 Å². The Bertz CT molecular complexity index is 696. The maximum absolute atomic E-state index is 13.1. The number of rotatable bonds is 3. The number of benzene rings is 1. The number of imidazole rings is 1. The molecule has 0 radical (unpaired) electrons. The molecule has 1 aliphatic rings. The highest BCUT2D eigenvalue weighted by Crippen LogP contribution is 2.33. The van der Waals surface area contributed by atoms with Gasteiger partial charge in [-0.3, -0.25) is 4.79 Å². The van der Waals surface area contributed by atoms with Crippen molar-refractivity contribution in [3.63, 3.8) is 0 Å². The maximum atomic E-state index is 13.1. The van der Waals surface area contributed by atoms with Gasteiger partial charge in [0.1, 0.15) is 11.5 Å². The van der Waals surface area contributed by atoms with Gasteiger partial charge in [-0.25, -0.2) is 9.37 Å². The Balaban J connectivity index is 1.86. The van der Waals surface area contributed by atoms with Gasteiger partial charge in [0.25, 0.3) is 5.91 Å². The summed E-state index contributed by atoms with van der Waals surface area (Å²) >= 11 is 0. The lowest BCUT2D eigenvalue weighted by Crippen LogP contribution is -2.32. The highest BCUT2D eigenvalue weighted by atomic mass is 19.1. The lowest BCUT2D eigenvalue weighted by molar-refractivity contribution is 0.0710. The van der Waals surface area contributed by atoms with E-state index in [1.165, 1.54) is 12.1 Å².